The minimum atomic E-state index is -3.62. The molecule has 1 N–H and O–H groups in total. The molecule has 1 aromatic carbocycles. The number of piperidine rings is 1. The van der Waals surface area contributed by atoms with E-state index in [4.69, 9.17) is 27.9 Å². The summed E-state index contributed by atoms with van der Waals surface area (Å²) in [6.07, 6.45) is 2.96. The average molecular weight is 463 g/mol. The van der Waals surface area contributed by atoms with E-state index in [2.05, 4.69) is 5.32 Å². The van der Waals surface area contributed by atoms with Crippen LogP contribution in [-0.4, -0.2) is 48.6 Å². The molecule has 0 spiro atoms. The molecule has 10 heteroatoms. The van der Waals surface area contributed by atoms with E-state index in [9.17, 15) is 18.0 Å². The molecule has 160 valence electrons. The third kappa shape index (κ3) is 4.55. The molecule has 1 heterocycles. The molecular formula is C19H24Cl2N2O5S. The highest BCUT2D eigenvalue weighted by Crippen LogP contribution is 2.64. The number of alkyl halides is 2. The first-order valence-corrected chi connectivity index (χ1v) is 11.6. The van der Waals surface area contributed by atoms with E-state index in [0.29, 0.717) is 24.3 Å². The highest BCUT2D eigenvalue weighted by atomic mass is 35.5. The number of esters is 1. The Morgan fingerprint density at radius 1 is 1.21 bits per heavy atom. The van der Waals surface area contributed by atoms with Crippen molar-refractivity contribution >= 4 is 50.8 Å². The molecule has 1 saturated heterocycles. The third-order valence-electron chi connectivity index (χ3n) is 5.48. The lowest BCUT2D eigenvalue weighted by Gasteiger charge is -2.26. The minimum Gasteiger partial charge on any atom is -0.455 e. The van der Waals surface area contributed by atoms with Crippen molar-refractivity contribution in [2.75, 3.05) is 25.0 Å². The number of nitrogens with one attached hydrogen (secondary N) is 1. The fourth-order valence-corrected chi connectivity index (χ4v) is 5.48. The number of halogens is 2. The van der Waals surface area contributed by atoms with Crippen LogP contribution >= 0.6 is 23.2 Å². The lowest BCUT2D eigenvalue weighted by atomic mass is 10.1. The Morgan fingerprint density at radius 2 is 1.83 bits per heavy atom. The number of benzene rings is 1. The van der Waals surface area contributed by atoms with Crippen molar-refractivity contribution in [3.05, 3.63) is 23.8 Å². The van der Waals surface area contributed by atoms with Crippen LogP contribution in [0, 0.1) is 12.3 Å². The van der Waals surface area contributed by atoms with Crippen LogP contribution in [0.15, 0.2) is 23.1 Å². The summed E-state index contributed by atoms with van der Waals surface area (Å²) in [7, 11) is -3.62. The summed E-state index contributed by atoms with van der Waals surface area (Å²) in [6, 6.07) is 4.60. The SMILES string of the molecule is Cc1ccc(S(=O)(=O)N2CCCCC2)cc1NC(=O)COC(=O)[C@]1(C)CC1(Cl)Cl. The molecule has 2 aliphatic rings. The quantitative estimate of drug-likeness (QED) is 0.517. The highest BCUT2D eigenvalue weighted by molar-refractivity contribution is 7.89. The first-order valence-electron chi connectivity index (χ1n) is 9.43. The summed E-state index contributed by atoms with van der Waals surface area (Å²) in [5.41, 5.74) is 0.0251. The number of hydrogen-bond acceptors (Lipinski definition) is 5. The normalized spacial score (nSPS) is 24.0. The maximum atomic E-state index is 12.8. The predicted molar refractivity (Wildman–Crippen MR) is 111 cm³/mol. The number of carbonyl (C=O) groups excluding carboxylic acids is 2. The van der Waals surface area contributed by atoms with Crippen LogP contribution in [0.3, 0.4) is 0 Å². The van der Waals surface area contributed by atoms with Gasteiger partial charge >= 0.3 is 5.97 Å². The number of ether oxygens (including phenoxy) is 1. The van der Waals surface area contributed by atoms with Gasteiger partial charge in [-0.2, -0.15) is 4.31 Å². The molecule has 1 amide bonds. The number of sulfonamides is 1. The summed E-state index contributed by atoms with van der Waals surface area (Å²) in [6.45, 7) is 3.80. The molecule has 1 aliphatic heterocycles. The van der Waals surface area contributed by atoms with Gasteiger partial charge in [-0.3, -0.25) is 9.59 Å². The molecule has 1 atom stereocenters. The number of carbonyl (C=O) groups is 2. The second-order valence-electron chi connectivity index (χ2n) is 7.78. The summed E-state index contributed by atoms with van der Waals surface area (Å²) in [5.74, 6) is -1.22. The lowest BCUT2D eigenvalue weighted by Crippen LogP contribution is -2.35. The fourth-order valence-electron chi connectivity index (χ4n) is 3.25. The Morgan fingerprint density at radius 3 is 2.41 bits per heavy atom. The van der Waals surface area contributed by atoms with Crippen molar-refractivity contribution in [1.29, 1.82) is 0 Å². The monoisotopic (exact) mass is 462 g/mol. The van der Waals surface area contributed by atoms with Gasteiger partial charge in [0, 0.05) is 25.2 Å². The number of aryl methyl sites for hydroxylation is 1. The number of amides is 1. The van der Waals surface area contributed by atoms with Gasteiger partial charge in [0.15, 0.2) is 6.61 Å². The Labute approximate surface area is 180 Å². The number of anilines is 1. The molecular weight excluding hydrogens is 439 g/mol. The summed E-state index contributed by atoms with van der Waals surface area (Å²) in [5, 5.41) is 2.61. The van der Waals surface area contributed by atoms with E-state index in [-0.39, 0.29) is 11.3 Å². The first-order chi connectivity index (χ1) is 13.5. The molecule has 0 unspecified atom stereocenters. The molecule has 29 heavy (non-hydrogen) atoms. The molecule has 0 radical (unpaired) electrons. The van der Waals surface area contributed by atoms with Gasteiger partial charge in [0.1, 0.15) is 9.75 Å². The van der Waals surface area contributed by atoms with Crippen molar-refractivity contribution in [2.24, 2.45) is 5.41 Å². The van der Waals surface area contributed by atoms with E-state index in [1.807, 2.05) is 0 Å². The Balaban J connectivity index is 1.65. The second-order valence-corrected chi connectivity index (χ2v) is 11.2. The smallest absolute Gasteiger partial charge is 0.315 e. The largest absolute Gasteiger partial charge is 0.455 e. The van der Waals surface area contributed by atoms with Gasteiger partial charge in [-0.05, 0) is 44.4 Å². The van der Waals surface area contributed by atoms with Crippen LogP contribution < -0.4 is 5.32 Å². The van der Waals surface area contributed by atoms with Crippen LogP contribution in [0.1, 0.15) is 38.2 Å². The summed E-state index contributed by atoms with van der Waals surface area (Å²) in [4.78, 5) is 24.4. The third-order valence-corrected chi connectivity index (χ3v) is 8.47. The Kier molecular flexibility index (Phi) is 6.21. The topological polar surface area (TPSA) is 92.8 Å². The van der Waals surface area contributed by atoms with Gasteiger partial charge < -0.3 is 10.1 Å². The van der Waals surface area contributed by atoms with Crippen LogP contribution in [-0.2, 0) is 24.3 Å². The van der Waals surface area contributed by atoms with Gasteiger partial charge in [0.2, 0.25) is 10.0 Å². The van der Waals surface area contributed by atoms with Gasteiger partial charge in [-0.1, -0.05) is 12.5 Å². The molecule has 1 saturated carbocycles. The first kappa shape index (κ1) is 22.3. The summed E-state index contributed by atoms with van der Waals surface area (Å²) < 4.78 is 31.0. The van der Waals surface area contributed by atoms with Gasteiger partial charge in [0.05, 0.1) is 4.90 Å². The van der Waals surface area contributed by atoms with Crippen LogP contribution in [0.2, 0.25) is 0 Å². The molecule has 0 aromatic heterocycles. The van der Waals surface area contributed by atoms with Gasteiger partial charge in [0.25, 0.3) is 5.91 Å². The fraction of sp³-hybridized carbons (Fsp3) is 0.579. The van der Waals surface area contributed by atoms with Crippen LogP contribution in [0.5, 0.6) is 0 Å². The zero-order chi connectivity index (χ0) is 21.4. The van der Waals surface area contributed by atoms with Crippen LogP contribution in [0.25, 0.3) is 0 Å². The lowest BCUT2D eigenvalue weighted by molar-refractivity contribution is -0.152. The number of nitrogens with zero attached hydrogens (tertiary/aromatic N) is 1. The molecule has 7 nitrogen and oxygen atoms in total. The second kappa shape index (κ2) is 8.06. The zero-order valence-corrected chi connectivity index (χ0v) is 18.7. The zero-order valence-electron chi connectivity index (χ0n) is 16.3. The standard InChI is InChI=1S/C19H24Cl2N2O5S/c1-13-6-7-14(29(26,27)23-8-4-3-5-9-23)10-15(13)22-16(24)11-28-17(25)18(2)12-19(18,20)21/h6-7,10H,3-5,8-9,11-12H2,1-2H3,(H,22,24)/t18-/m0/s1. The van der Waals surface area contributed by atoms with E-state index in [1.165, 1.54) is 16.4 Å². The molecule has 3 rings (SSSR count). The molecule has 0 bridgehead atoms. The van der Waals surface area contributed by atoms with Gasteiger partial charge in [-0.15, -0.1) is 23.2 Å². The molecule has 1 aliphatic carbocycles. The van der Waals surface area contributed by atoms with Crippen molar-refractivity contribution in [3.8, 4) is 0 Å². The molecule has 1 aromatic rings. The van der Waals surface area contributed by atoms with E-state index < -0.39 is 38.3 Å². The van der Waals surface area contributed by atoms with E-state index in [0.717, 1.165) is 19.3 Å². The van der Waals surface area contributed by atoms with Crippen molar-refractivity contribution in [1.82, 2.24) is 4.31 Å². The average Bonchev–Trinajstić information content (AvgIpc) is 3.21. The minimum absolute atomic E-state index is 0.122. The van der Waals surface area contributed by atoms with Gasteiger partial charge in [-0.25, -0.2) is 8.42 Å². The van der Waals surface area contributed by atoms with Crippen LogP contribution in [0.4, 0.5) is 5.69 Å². The Hall–Kier alpha value is -1.35. The predicted octanol–water partition coefficient (Wildman–Crippen LogP) is 3.24. The summed E-state index contributed by atoms with van der Waals surface area (Å²) >= 11 is 11.9. The van der Waals surface area contributed by atoms with Crippen molar-refractivity contribution in [2.45, 2.75) is 48.8 Å². The number of rotatable bonds is 6. The van der Waals surface area contributed by atoms with E-state index >= 15 is 0 Å². The highest BCUT2D eigenvalue weighted by Gasteiger charge is 2.69. The molecule has 2 fully saturated rings. The number of hydrogen-bond donors (Lipinski definition) is 1. The Bertz CT molecular complexity index is 929. The maximum Gasteiger partial charge on any atom is 0.315 e. The van der Waals surface area contributed by atoms with E-state index in [1.54, 1.807) is 19.9 Å². The maximum absolute atomic E-state index is 12.8. The van der Waals surface area contributed by atoms with Crippen molar-refractivity contribution in [3.63, 3.8) is 0 Å². The van der Waals surface area contributed by atoms with Crippen molar-refractivity contribution < 1.29 is 22.7 Å².